The van der Waals surface area contributed by atoms with Gasteiger partial charge in [0.2, 0.25) is 0 Å². The van der Waals surface area contributed by atoms with Crippen molar-refractivity contribution in [2.24, 2.45) is 23.2 Å². The lowest BCUT2D eigenvalue weighted by Crippen LogP contribution is -2.30. The molecular weight excluding hydrogens is 196 g/mol. The fourth-order valence-corrected chi connectivity index (χ4v) is 3.93. The van der Waals surface area contributed by atoms with Crippen molar-refractivity contribution >= 4 is 5.78 Å². The largest absolute Gasteiger partial charge is 0.295 e. The van der Waals surface area contributed by atoms with E-state index in [4.69, 9.17) is 0 Å². The maximum Gasteiger partial charge on any atom is 0.155 e. The number of allylic oxidation sites excluding steroid dienone is 2. The van der Waals surface area contributed by atoms with Crippen LogP contribution in [0.15, 0.2) is 12.2 Å². The quantitative estimate of drug-likeness (QED) is 0.653. The predicted octanol–water partition coefficient (Wildman–Crippen LogP) is 3.98. The monoisotopic (exact) mass is 220 g/mol. The van der Waals surface area contributed by atoms with Crippen molar-refractivity contribution < 1.29 is 4.79 Å². The van der Waals surface area contributed by atoms with Crippen molar-refractivity contribution in [2.75, 3.05) is 0 Å². The van der Waals surface area contributed by atoms with Crippen LogP contribution in [-0.4, -0.2) is 5.78 Å². The molecule has 2 rings (SSSR count). The highest BCUT2D eigenvalue weighted by atomic mass is 16.1. The Balaban J connectivity index is 2.22. The lowest BCUT2D eigenvalue weighted by Gasteiger charge is -2.36. The third-order valence-electron chi connectivity index (χ3n) is 4.84. The molecule has 0 amide bonds. The summed E-state index contributed by atoms with van der Waals surface area (Å²) in [5.41, 5.74) is 0.288. The highest BCUT2D eigenvalue weighted by Crippen LogP contribution is 2.54. The topological polar surface area (TPSA) is 17.1 Å². The second-order valence-electron chi connectivity index (χ2n) is 6.33. The molecule has 0 saturated heterocycles. The van der Waals surface area contributed by atoms with E-state index in [2.05, 4.69) is 26.8 Å². The van der Waals surface area contributed by atoms with Crippen LogP contribution in [0.3, 0.4) is 0 Å². The van der Waals surface area contributed by atoms with Crippen LogP contribution >= 0.6 is 0 Å². The number of rotatable bonds is 1. The van der Waals surface area contributed by atoms with Crippen LogP contribution in [0.25, 0.3) is 0 Å². The van der Waals surface area contributed by atoms with Crippen LogP contribution in [0, 0.1) is 23.2 Å². The number of carbonyl (C=O) groups is 1. The second-order valence-corrected chi connectivity index (χ2v) is 6.33. The Morgan fingerprint density at radius 2 is 2.12 bits per heavy atom. The highest BCUT2D eigenvalue weighted by molar-refractivity contribution is 5.90. The fourth-order valence-electron chi connectivity index (χ4n) is 3.93. The minimum Gasteiger partial charge on any atom is -0.295 e. The van der Waals surface area contributed by atoms with E-state index in [-0.39, 0.29) is 5.41 Å². The van der Waals surface area contributed by atoms with Crippen LogP contribution in [0.4, 0.5) is 0 Å². The zero-order valence-corrected chi connectivity index (χ0v) is 10.8. The zero-order valence-electron chi connectivity index (χ0n) is 10.8. The summed E-state index contributed by atoms with van der Waals surface area (Å²) in [7, 11) is 0. The highest BCUT2D eigenvalue weighted by Gasteiger charge is 2.46. The first-order chi connectivity index (χ1) is 7.53. The number of carbonyl (C=O) groups excluding carboxylic acids is 1. The smallest absolute Gasteiger partial charge is 0.155 e. The van der Waals surface area contributed by atoms with Gasteiger partial charge in [-0.3, -0.25) is 4.79 Å². The summed E-state index contributed by atoms with van der Waals surface area (Å²) in [4.78, 5) is 11.8. The summed E-state index contributed by atoms with van der Waals surface area (Å²) in [6, 6.07) is 0. The Morgan fingerprint density at radius 3 is 2.81 bits per heavy atom. The molecule has 1 nitrogen and oxygen atoms in total. The molecule has 0 heterocycles. The molecule has 1 saturated carbocycles. The van der Waals surface area contributed by atoms with E-state index in [9.17, 15) is 4.79 Å². The van der Waals surface area contributed by atoms with Gasteiger partial charge in [0.05, 0.1) is 0 Å². The van der Waals surface area contributed by atoms with Gasteiger partial charge in [-0.2, -0.15) is 0 Å². The van der Waals surface area contributed by atoms with Gasteiger partial charge in [0.1, 0.15) is 0 Å². The van der Waals surface area contributed by atoms with Crippen molar-refractivity contribution in [1.29, 1.82) is 0 Å². The molecule has 0 aliphatic heterocycles. The second kappa shape index (κ2) is 4.35. The van der Waals surface area contributed by atoms with Crippen LogP contribution in [0.2, 0.25) is 0 Å². The number of ketones is 1. The molecule has 1 heteroatoms. The van der Waals surface area contributed by atoms with E-state index in [1.165, 1.54) is 19.3 Å². The van der Waals surface area contributed by atoms with Gasteiger partial charge in [0.15, 0.2) is 5.78 Å². The molecule has 0 bridgehead atoms. The summed E-state index contributed by atoms with van der Waals surface area (Å²) in [6.45, 7) is 7.02. The molecule has 16 heavy (non-hydrogen) atoms. The minimum atomic E-state index is 0.288. The van der Waals surface area contributed by atoms with Crippen molar-refractivity contribution in [1.82, 2.24) is 0 Å². The molecule has 0 radical (unpaired) electrons. The lowest BCUT2D eigenvalue weighted by atomic mass is 9.69. The summed E-state index contributed by atoms with van der Waals surface area (Å²) in [5, 5.41) is 0. The van der Waals surface area contributed by atoms with Crippen LogP contribution < -0.4 is 0 Å². The van der Waals surface area contributed by atoms with Gasteiger partial charge in [-0.1, -0.05) is 26.8 Å². The van der Waals surface area contributed by atoms with Gasteiger partial charge >= 0.3 is 0 Å². The molecule has 2 aliphatic rings. The standard InChI is InChI=1S/C15H24O/c1-11(2)13-8-9-15(3)10-12(16)6-4-5-7-14(13)15/h4,6,11,13-14H,5,7-10H2,1-3H3/b6-4-/t13-,14+,15-/m0/s1. The van der Waals surface area contributed by atoms with Gasteiger partial charge in [-0.05, 0) is 54.9 Å². The fraction of sp³-hybridized carbons (Fsp3) is 0.800. The third-order valence-corrected chi connectivity index (χ3v) is 4.84. The van der Waals surface area contributed by atoms with Gasteiger partial charge < -0.3 is 0 Å². The first-order valence-electron chi connectivity index (χ1n) is 6.72. The van der Waals surface area contributed by atoms with Crippen LogP contribution in [-0.2, 0) is 4.79 Å². The Kier molecular flexibility index (Phi) is 3.23. The Hall–Kier alpha value is -0.590. The maximum absolute atomic E-state index is 11.8. The van der Waals surface area contributed by atoms with E-state index in [1.807, 2.05) is 6.08 Å². The van der Waals surface area contributed by atoms with Gasteiger partial charge in [0.25, 0.3) is 0 Å². The summed E-state index contributed by atoms with van der Waals surface area (Å²) < 4.78 is 0. The summed E-state index contributed by atoms with van der Waals surface area (Å²) in [6.07, 6.45) is 9.61. The Bertz CT molecular complexity index is 303. The average Bonchev–Trinajstić information content (AvgIpc) is 2.47. The van der Waals surface area contributed by atoms with Crippen LogP contribution in [0.1, 0.15) is 52.9 Å². The Morgan fingerprint density at radius 1 is 1.38 bits per heavy atom. The first kappa shape index (κ1) is 11.9. The maximum atomic E-state index is 11.8. The van der Waals surface area contributed by atoms with E-state index >= 15 is 0 Å². The molecule has 1 fully saturated rings. The van der Waals surface area contributed by atoms with Crippen LogP contribution in [0.5, 0.6) is 0 Å². The van der Waals surface area contributed by atoms with Crippen molar-refractivity contribution in [3.63, 3.8) is 0 Å². The van der Waals surface area contributed by atoms with E-state index in [0.717, 1.165) is 30.6 Å². The normalized spacial score (nSPS) is 41.6. The lowest BCUT2D eigenvalue weighted by molar-refractivity contribution is -0.117. The SMILES string of the molecule is CC(C)[C@@H]1CC[C@@]2(C)CC(=O)/C=C\CC[C@H]12. The molecular formula is C15H24O. The molecule has 0 N–H and O–H groups in total. The van der Waals surface area contributed by atoms with E-state index < -0.39 is 0 Å². The van der Waals surface area contributed by atoms with Gasteiger partial charge in [0, 0.05) is 6.42 Å². The zero-order chi connectivity index (χ0) is 11.8. The van der Waals surface area contributed by atoms with E-state index in [0.29, 0.717) is 5.78 Å². The van der Waals surface area contributed by atoms with Gasteiger partial charge in [-0.25, -0.2) is 0 Å². The van der Waals surface area contributed by atoms with Gasteiger partial charge in [-0.15, -0.1) is 0 Å². The average molecular weight is 220 g/mol. The van der Waals surface area contributed by atoms with Crippen molar-refractivity contribution in [3.8, 4) is 0 Å². The molecule has 90 valence electrons. The molecule has 0 aromatic rings. The molecule has 3 atom stereocenters. The minimum absolute atomic E-state index is 0.288. The van der Waals surface area contributed by atoms with E-state index in [1.54, 1.807) is 0 Å². The first-order valence-corrected chi connectivity index (χ1v) is 6.72. The number of hydrogen-bond donors (Lipinski definition) is 0. The summed E-state index contributed by atoms with van der Waals surface area (Å²) >= 11 is 0. The molecule has 2 aliphatic carbocycles. The number of fused-ring (bicyclic) bond motifs is 1. The molecule has 0 unspecified atom stereocenters. The van der Waals surface area contributed by atoms with Crippen molar-refractivity contribution in [3.05, 3.63) is 12.2 Å². The number of hydrogen-bond acceptors (Lipinski definition) is 1. The predicted molar refractivity (Wildman–Crippen MR) is 67.2 cm³/mol. The third kappa shape index (κ3) is 2.09. The Labute approximate surface area is 99.3 Å². The van der Waals surface area contributed by atoms with Crippen molar-refractivity contribution in [2.45, 2.75) is 52.9 Å². The molecule has 0 spiro atoms. The molecule has 0 aromatic carbocycles. The molecule has 0 aromatic heterocycles. The summed E-state index contributed by atoms with van der Waals surface area (Å²) in [5.74, 6) is 2.72.